The highest BCUT2D eigenvalue weighted by molar-refractivity contribution is 5.91. The molecule has 0 aliphatic heterocycles. The van der Waals surface area contributed by atoms with Gasteiger partial charge in [-0.25, -0.2) is 9.18 Å². The van der Waals surface area contributed by atoms with Gasteiger partial charge in [0.15, 0.2) is 0 Å². The monoisotopic (exact) mass is 276 g/mol. The van der Waals surface area contributed by atoms with Crippen LogP contribution >= 0.6 is 0 Å². The van der Waals surface area contributed by atoms with E-state index in [4.69, 9.17) is 14.6 Å². The third-order valence-electron chi connectivity index (χ3n) is 2.71. The molecule has 0 amide bonds. The minimum atomic E-state index is -1.06. The smallest absolute Gasteiger partial charge is 0.339 e. The Hall–Kier alpha value is -2.56. The number of carboxylic acids is 1. The van der Waals surface area contributed by atoms with Crippen LogP contribution in [0.15, 0.2) is 42.5 Å². The standard InChI is InChI=1S/C15H13FO4/c1-19-14-7-2-10(8-13(14)15(17)18)9-20-12-5-3-11(16)4-6-12/h2-8H,9H2,1H3,(H,17,18). The summed E-state index contributed by atoms with van der Waals surface area (Å²) in [7, 11) is 1.41. The second-order valence-corrected chi connectivity index (χ2v) is 4.08. The molecule has 0 fully saturated rings. The first-order valence-electron chi connectivity index (χ1n) is 5.88. The van der Waals surface area contributed by atoms with Gasteiger partial charge in [-0.05, 0) is 42.0 Å². The van der Waals surface area contributed by atoms with Gasteiger partial charge in [0.25, 0.3) is 0 Å². The maximum Gasteiger partial charge on any atom is 0.339 e. The van der Waals surface area contributed by atoms with E-state index in [1.54, 1.807) is 12.1 Å². The molecule has 5 heteroatoms. The molecule has 0 unspecified atom stereocenters. The van der Waals surface area contributed by atoms with E-state index in [0.717, 1.165) is 0 Å². The molecule has 0 saturated heterocycles. The van der Waals surface area contributed by atoms with E-state index in [-0.39, 0.29) is 18.0 Å². The Morgan fingerprint density at radius 3 is 2.50 bits per heavy atom. The lowest BCUT2D eigenvalue weighted by atomic mass is 10.1. The number of benzene rings is 2. The number of ether oxygens (including phenoxy) is 2. The summed E-state index contributed by atoms with van der Waals surface area (Å²) in [5, 5.41) is 9.07. The molecular weight excluding hydrogens is 263 g/mol. The van der Waals surface area contributed by atoms with Crippen molar-refractivity contribution in [2.75, 3.05) is 7.11 Å². The maximum absolute atomic E-state index is 12.7. The Bertz CT molecular complexity index is 608. The van der Waals surface area contributed by atoms with E-state index in [2.05, 4.69) is 0 Å². The fraction of sp³-hybridized carbons (Fsp3) is 0.133. The summed E-state index contributed by atoms with van der Waals surface area (Å²) in [6.07, 6.45) is 0. The number of methoxy groups -OCH3 is 1. The van der Waals surface area contributed by atoms with Crippen molar-refractivity contribution in [3.8, 4) is 11.5 Å². The van der Waals surface area contributed by atoms with Crippen molar-refractivity contribution in [1.82, 2.24) is 0 Å². The molecule has 0 bridgehead atoms. The van der Waals surface area contributed by atoms with Crippen molar-refractivity contribution in [1.29, 1.82) is 0 Å². The van der Waals surface area contributed by atoms with Crippen LogP contribution in [0.2, 0.25) is 0 Å². The summed E-state index contributed by atoms with van der Waals surface area (Å²) in [5.41, 5.74) is 0.764. The van der Waals surface area contributed by atoms with Crippen LogP contribution in [0, 0.1) is 5.82 Å². The molecular formula is C15H13FO4. The van der Waals surface area contributed by atoms with Crippen molar-refractivity contribution in [2.45, 2.75) is 6.61 Å². The topological polar surface area (TPSA) is 55.8 Å². The molecule has 0 aliphatic rings. The first-order chi connectivity index (χ1) is 9.60. The zero-order chi connectivity index (χ0) is 14.5. The minimum Gasteiger partial charge on any atom is -0.496 e. The number of hydrogen-bond donors (Lipinski definition) is 1. The largest absolute Gasteiger partial charge is 0.496 e. The van der Waals surface area contributed by atoms with Crippen LogP contribution in [-0.2, 0) is 6.61 Å². The summed E-state index contributed by atoms with van der Waals surface area (Å²) in [6, 6.07) is 10.4. The molecule has 2 rings (SSSR count). The van der Waals surface area contributed by atoms with Gasteiger partial charge < -0.3 is 14.6 Å². The average Bonchev–Trinajstić information content (AvgIpc) is 2.46. The maximum atomic E-state index is 12.7. The van der Waals surface area contributed by atoms with Crippen molar-refractivity contribution in [2.24, 2.45) is 0 Å². The van der Waals surface area contributed by atoms with Crippen molar-refractivity contribution in [3.05, 3.63) is 59.4 Å². The van der Waals surface area contributed by atoms with Crippen LogP contribution in [-0.4, -0.2) is 18.2 Å². The minimum absolute atomic E-state index is 0.0766. The normalized spacial score (nSPS) is 10.1. The van der Waals surface area contributed by atoms with Crippen molar-refractivity contribution >= 4 is 5.97 Å². The molecule has 2 aromatic rings. The number of aromatic carboxylic acids is 1. The van der Waals surface area contributed by atoms with Gasteiger partial charge in [-0.15, -0.1) is 0 Å². The first kappa shape index (κ1) is 13.9. The molecule has 0 spiro atoms. The highest BCUT2D eigenvalue weighted by atomic mass is 19.1. The summed E-state index contributed by atoms with van der Waals surface area (Å²) in [4.78, 5) is 11.1. The van der Waals surface area contributed by atoms with Crippen molar-refractivity contribution < 1.29 is 23.8 Å². The second-order valence-electron chi connectivity index (χ2n) is 4.08. The third-order valence-corrected chi connectivity index (χ3v) is 2.71. The van der Waals surface area contributed by atoms with Gasteiger partial charge in [0.1, 0.15) is 29.5 Å². The molecule has 4 nitrogen and oxygen atoms in total. The van der Waals surface area contributed by atoms with Gasteiger partial charge in [0.05, 0.1) is 7.11 Å². The SMILES string of the molecule is COc1ccc(COc2ccc(F)cc2)cc1C(=O)O. The molecule has 0 radical (unpaired) electrons. The van der Waals surface area contributed by atoms with Gasteiger partial charge in [-0.1, -0.05) is 6.07 Å². The number of hydrogen-bond acceptors (Lipinski definition) is 3. The Morgan fingerprint density at radius 2 is 1.90 bits per heavy atom. The Balaban J connectivity index is 2.11. The van der Waals surface area contributed by atoms with E-state index >= 15 is 0 Å². The van der Waals surface area contributed by atoms with E-state index in [1.165, 1.54) is 37.4 Å². The van der Waals surface area contributed by atoms with E-state index in [1.807, 2.05) is 0 Å². The van der Waals surface area contributed by atoms with E-state index in [0.29, 0.717) is 17.1 Å². The van der Waals surface area contributed by atoms with E-state index < -0.39 is 5.97 Å². The fourth-order valence-electron chi connectivity index (χ4n) is 1.71. The van der Waals surface area contributed by atoms with Crippen molar-refractivity contribution in [3.63, 3.8) is 0 Å². The summed E-state index contributed by atoms with van der Waals surface area (Å²) >= 11 is 0. The Kier molecular flexibility index (Phi) is 4.20. The molecule has 0 aliphatic carbocycles. The summed E-state index contributed by atoms with van der Waals surface area (Å²) in [5.74, 6) is -0.595. The predicted octanol–water partition coefficient (Wildman–Crippen LogP) is 3.11. The van der Waals surface area contributed by atoms with E-state index in [9.17, 15) is 9.18 Å². The molecule has 0 saturated carbocycles. The first-order valence-corrected chi connectivity index (χ1v) is 5.88. The average molecular weight is 276 g/mol. The quantitative estimate of drug-likeness (QED) is 0.911. The lowest BCUT2D eigenvalue weighted by Crippen LogP contribution is -2.03. The number of carbonyl (C=O) groups is 1. The van der Waals surface area contributed by atoms with Crippen LogP contribution < -0.4 is 9.47 Å². The number of carboxylic acid groups (broad SMARTS) is 1. The van der Waals surface area contributed by atoms with Crippen LogP contribution in [0.4, 0.5) is 4.39 Å². The van der Waals surface area contributed by atoms with Crippen LogP contribution in [0.25, 0.3) is 0 Å². The van der Waals surface area contributed by atoms with Gasteiger partial charge in [0, 0.05) is 0 Å². The third kappa shape index (κ3) is 3.26. The lowest BCUT2D eigenvalue weighted by molar-refractivity contribution is 0.0693. The van der Waals surface area contributed by atoms with Gasteiger partial charge in [-0.2, -0.15) is 0 Å². The zero-order valence-electron chi connectivity index (χ0n) is 10.8. The number of halogens is 1. The van der Waals surface area contributed by atoms with Crippen LogP contribution in [0.1, 0.15) is 15.9 Å². The fourth-order valence-corrected chi connectivity index (χ4v) is 1.71. The molecule has 0 atom stereocenters. The highest BCUT2D eigenvalue weighted by Crippen LogP contribution is 2.21. The van der Waals surface area contributed by atoms with Crippen LogP contribution in [0.5, 0.6) is 11.5 Å². The molecule has 104 valence electrons. The zero-order valence-corrected chi connectivity index (χ0v) is 10.8. The van der Waals surface area contributed by atoms with Gasteiger partial charge >= 0.3 is 5.97 Å². The second kappa shape index (κ2) is 6.06. The van der Waals surface area contributed by atoms with Gasteiger partial charge in [0.2, 0.25) is 0 Å². The lowest BCUT2D eigenvalue weighted by Gasteiger charge is -2.09. The van der Waals surface area contributed by atoms with Crippen LogP contribution in [0.3, 0.4) is 0 Å². The molecule has 20 heavy (non-hydrogen) atoms. The summed E-state index contributed by atoms with van der Waals surface area (Å²) < 4.78 is 23.2. The Morgan fingerprint density at radius 1 is 1.20 bits per heavy atom. The predicted molar refractivity (Wildman–Crippen MR) is 70.7 cm³/mol. The molecule has 1 N–H and O–H groups in total. The number of rotatable bonds is 5. The highest BCUT2D eigenvalue weighted by Gasteiger charge is 2.11. The molecule has 0 aromatic heterocycles. The van der Waals surface area contributed by atoms with Gasteiger partial charge in [-0.3, -0.25) is 0 Å². The molecule has 0 heterocycles. The summed E-state index contributed by atoms with van der Waals surface area (Å²) in [6.45, 7) is 0.190. The Labute approximate surface area is 115 Å². The molecule has 2 aromatic carbocycles.